The Bertz CT molecular complexity index is 3420. The number of fused-ring (bicyclic) bond motifs is 6. The van der Waals surface area contributed by atoms with Gasteiger partial charge in [-0.1, -0.05) is 200 Å². The molecule has 11 aromatic rings. The van der Waals surface area contributed by atoms with Crippen molar-refractivity contribution in [2.75, 3.05) is 4.90 Å². The molecule has 0 N–H and O–H groups in total. The number of rotatable bonds is 8. The zero-order valence-corrected chi connectivity index (χ0v) is 35.3. The fourth-order valence-electron chi connectivity index (χ4n) is 10.1. The molecule has 0 saturated heterocycles. The second-order valence-corrected chi connectivity index (χ2v) is 17.5. The molecule has 10 aromatic carbocycles. The van der Waals surface area contributed by atoms with Gasteiger partial charge in [0.2, 0.25) is 0 Å². The summed E-state index contributed by atoms with van der Waals surface area (Å²) in [6.45, 7) is 0. The smallest absolute Gasteiger partial charge is 0.0713 e. The van der Waals surface area contributed by atoms with Crippen LogP contribution in [0.4, 0.5) is 17.1 Å². The highest BCUT2D eigenvalue weighted by molar-refractivity contribution is 7.25. The highest BCUT2D eigenvalue weighted by atomic mass is 32.1. The van der Waals surface area contributed by atoms with E-state index in [1.807, 2.05) is 11.3 Å². The van der Waals surface area contributed by atoms with Crippen molar-refractivity contribution in [3.63, 3.8) is 0 Å². The topological polar surface area (TPSA) is 3.24 Å². The van der Waals surface area contributed by atoms with Crippen molar-refractivity contribution in [3.05, 3.63) is 271 Å². The molecule has 0 amide bonds. The Balaban J connectivity index is 1.03. The van der Waals surface area contributed by atoms with Gasteiger partial charge >= 0.3 is 0 Å². The molecule has 1 aliphatic rings. The van der Waals surface area contributed by atoms with E-state index >= 15 is 0 Å². The number of benzene rings is 10. The zero-order chi connectivity index (χ0) is 41.7. The van der Waals surface area contributed by atoms with E-state index in [4.69, 9.17) is 0 Å². The van der Waals surface area contributed by atoms with E-state index < -0.39 is 5.41 Å². The van der Waals surface area contributed by atoms with Crippen LogP contribution in [0.15, 0.2) is 249 Å². The van der Waals surface area contributed by atoms with Gasteiger partial charge in [-0.05, 0) is 110 Å². The third-order valence-corrected chi connectivity index (χ3v) is 14.1. The minimum Gasteiger partial charge on any atom is -0.310 e. The van der Waals surface area contributed by atoms with Gasteiger partial charge in [-0.3, -0.25) is 0 Å². The zero-order valence-electron chi connectivity index (χ0n) is 34.5. The molecule has 296 valence electrons. The van der Waals surface area contributed by atoms with Crippen molar-refractivity contribution in [1.82, 2.24) is 0 Å². The van der Waals surface area contributed by atoms with Crippen LogP contribution in [0, 0.1) is 0 Å². The average molecular weight is 820 g/mol. The number of para-hydroxylation sites is 1. The van der Waals surface area contributed by atoms with Crippen LogP contribution in [-0.4, -0.2) is 0 Å². The van der Waals surface area contributed by atoms with E-state index in [0.717, 1.165) is 22.6 Å². The molecular formula is C61H41NS. The first-order valence-electron chi connectivity index (χ1n) is 21.7. The maximum atomic E-state index is 2.44. The van der Waals surface area contributed by atoms with Crippen LogP contribution in [0.2, 0.25) is 0 Å². The highest BCUT2D eigenvalue weighted by Gasteiger charge is 2.46. The van der Waals surface area contributed by atoms with Crippen molar-refractivity contribution in [2.45, 2.75) is 5.41 Å². The summed E-state index contributed by atoms with van der Waals surface area (Å²) >= 11 is 1.86. The lowest BCUT2D eigenvalue weighted by Gasteiger charge is -2.33. The molecule has 1 nitrogen and oxygen atoms in total. The van der Waals surface area contributed by atoms with Crippen LogP contribution in [0.5, 0.6) is 0 Å². The third-order valence-electron chi connectivity index (χ3n) is 12.9. The van der Waals surface area contributed by atoms with E-state index in [2.05, 4.69) is 254 Å². The summed E-state index contributed by atoms with van der Waals surface area (Å²) in [6, 6.07) is 91.5. The van der Waals surface area contributed by atoms with Gasteiger partial charge in [-0.2, -0.15) is 0 Å². The Hall–Kier alpha value is -7.78. The molecule has 0 fully saturated rings. The normalized spacial score (nSPS) is 12.6. The predicted octanol–water partition coefficient (Wildman–Crippen LogP) is 16.9. The van der Waals surface area contributed by atoms with Crippen LogP contribution in [0.1, 0.15) is 22.3 Å². The van der Waals surface area contributed by atoms with E-state index in [1.54, 1.807) is 0 Å². The molecule has 0 unspecified atom stereocenters. The van der Waals surface area contributed by atoms with Crippen molar-refractivity contribution in [2.24, 2.45) is 0 Å². The molecule has 0 atom stereocenters. The average Bonchev–Trinajstić information content (AvgIpc) is 3.88. The minimum absolute atomic E-state index is 0.433. The molecule has 0 bridgehead atoms. The molecule has 0 radical (unpaired) electrons. The van der Waals surface area contributed by atoms with Crippen molar-refractivity contribution in [3.8, 4) is 44.5 Å². The van der Waals surface area contributed by atoms with E-state index in [1.165, 1.54) is 81.4 Å². The fourth-order valence-corrected chi connectivity index (χ4v) is 11.3. The molecule has 12 rings (SSSR count). The summed E-state index contributed by atoms with van der Waals surface area (Å²) in [5.41, 5.74) is 17.7. The summed E-state index contributed by atoms with van der Waals surface area (Å²) in [5.74, 6) is 0. The van der Waals surface area contributed by atoms with Gasteiger partial charge in [-0.15, -0.1) is 11.3 Å². The van der Waals surface area contributed by atoms with Crippen molar-refractivity contribution >= 4 is 48.6 Å². The summed E-state index contributed by atoms with van der Waals surface area (Å²) in [4.78, 5) is 2.44. The summed E-state index contributed by atoms with van der Waals surface area (Å²) in [6.07, 6.45) is 0. The molecule has 1 heterocycles. The van der Waals surface area contributed by atoms with E-state index in [9.17, 15) is 0 Å². The molecule has 1 aliphatic carbocycles. The SMILES string of the molecule is c1ccc(-c2cccc(N(c3cccc(-c4ccc5c(c4)-c4ccccc4C5(c4ccccc4)c4ccccc4)c3)c3ccccc3-c3ccc4c(c3)sc3ccccc34)c2)cc1. The largest absolute Gasteiger partial charge is 0.310 e. The Morgan fingerprint density at radius 3 is 1.56 bits per heavy atom. The monoisotopic (exact) mass is 819 g/mol. The number of hydrogen-bond acceptors (Lipinski definition) is 2. The molecule has 2 heteroatoms. The maximum absolute atomic E-state index is 2.44. The Kier molecular flexibility index (Phi) is 8.98. The van der Waals surface area contributed by atoms with Gasteiger partial charge in [0.25, 0.3) is 0 Å². The summed E-state index contributed by atoms with van der Waals surface area (Å²) in [7, 11) is 0. The summed E-state index contributed by atoms with van der Waals surface area (Å²) in [5, 5.41) is 2.62. The van der Waals surface area contributed by atoms with Gasteiger partial charge in [0.1, 0.15) is 0 Å². The standard InChI is InChI=1S/C61H41NS/c1-4-18-42(19-5-1)43-20-16-26-49(38-43)62(58-32-14-11-28-51(58)46-34-36-54-53-30-12-15-33-59(53)63-60(54)41-46)50-27-17-21-44(39-50)45-35-37-57-55(40-45)52-29-10-13-31-56(52)61(57,47-22-6-2-7-23-47)48-24-8-3-9-25-48/h1-41H. The number of hydrogen-bond donors (Lipinski definition) is 0. The Morgan fingerprint density at radius 2 is 0.825 bits per heavy atom. The first-order valence-corrected chi connectivity index (χ1v) is 22.5. The van der Waals surface area contributed by atoms with Gasteiger partial charge in [-0.25, -0.2) is 0 Å². The number of thiophene rings is 1. The van der Waals surface area contributed by atoms with Crippen LogP contribution in [0.3, 0.4) is 0 Å². The molecule has 0 saturated carbocycles. The van der Waals surface area contributed by atoms with E-state index in [-0.39, 0.29) is 0 Å². The first kappa shape index (κ1) is 37.0. The lowest BCUT2D eigenvalue weighted by molar-refractivity contribution is 0.768. The molecule has 63 heavy (non-hydrogen) atoms. The predicted molar refractivity (Wildman–Crippen MR) is 268 cm³/mol. The molecule has 0 spiro atoms. The van der Waals surface area contributed by atoms with Crippen LogP contribution in [0.25, 0.3) is 64.7 Å². The number of nitrogens with zero attached hydrogens (tertiary/aromatic N) is 1. The second kappa shape index (κ2) is 15.3. The quantitative estimate of drug-likeness (QED) is 0.148. The second-order valence-electron chi connectivity index (χ2n) is 16.4. The van der Waals surface area contributed by atoms with Gasteiger partial charge in [0.15, 0.2) is 0 Å². The van der Waals surface area contributed by atoms with Crippen molar-refractivity contribution in [1.29, 1.82) is 0 Å². The number of anilines is 3. The fraction of sp³-hybridized carbons (Fsp3) is 0.0164. The van der Waals surface area contributed by atoms with Crippen LogP contribution in [-0.2, 0) is 5.41 Å². The third kappa shape index (κ3) is 6.14. The molecule has 1 aromatic heterocycles. The van der Waals surface area contributed by atoms with Gasteiger partial charge in [0, 0.05) is 37.1 Å². The lowest BCUT2D eigenvalue weighted by atomic mass is 9.67. The van der Waals surface area contributed by atoms with E-state index in [0.29, 0.717) is 0 Å². The van der Waals surface area contributed by atoms with Gasteiger partial charge in [0.05, 0.1) is 11.1 Å². The van der Waals surface area contributed by atoms with Gasteiger partial charge < -0.3 is 4.90 Å². The van der Waals surface area contributed by atoms with Crippen LogP contribution < -0.4 is 4.90 Å². The molecule has 0 aliphatic heterocycles. The minimum atomic E-state index is -0.433. The lowest BCUT2D eigenvalue weighted by Crippen LogP contribution is -2.28. The maximum Gasteiger partial charge on any atom is 0.0713 e. The molecular weight excluding hydrogens is 779 g/mol. The summed E-state index contributed by atoms with van der Waals surface area (Å²) < 4.78 is 2.61. The van der Waals surface area contributed by atoms with Crippen molar-refractivity contribution < 1.29 is 0 Å². The Labute approximate surface area is 372 Å². The Morgan fingerprint density at radius 1 is 0.302 bits per heavy atom. The highest BCUT2D eigenvalue weighted by Crippen LogP contribution is 2.57. The first-order chi connectivity index (χ1) is 31.2. The van der Waals surface area contributed by atoms with Crippen LogP contribution >= 0.6 is 11.3 Å².